The van der Waals surface area contributed by atoms with Crippen LogP contribution in [0.2, 0.25) is 0 Å². The van der Waals surface area contributed by atoms with E-state index in [9.17, 15) is 9.59 Å². The topological polar surface area (TPSA) is 89.2 Å². The molecule has 0 spiro atoms. The minimum atomic E-state index is -0.254. The van der Waals surface area contributed by atoms with Crippen LogP contribution >= 0.6 is 23.1 Å². The van der Waals surface area contributed by atoms with Gasteiger partial charge in [-0.1, -0.05) is 42.2 Å². The number of carbonyl (C=O) groups excluding carboxylic acids is 1. The number of nitrogens with zero attached hydrogens (tertiary/aromatic N) is 4. The van der Waals surface area contributed by atoms with Gasteiger partial charge in [-0.05, 0) is 37.5 Å². The zero-order valence-corrected chi connectivity index (χ0v) is 15.7. The largest absolute Gasteiger partial charge is 0.325 e. The molecule has 0 aliphatic carbocycles. The van der Waals surface area contributed by atoms with Gasteiger partial charge < -0.3 is 5.32 Å². The SMILES string of the molecule is CCc1nnc2sc(SCC(=O)Nc3cc(C)ccc3C)nn2c1=O. The molecular formula is C16H17N5O2S2. The van der Waals surface area contributed by atoms with E-state index in [1.807, 2.05) is 39.0 Å². The number of hydrogen-bond acceptors (Lipinski definition) is 7. The number of rotatable bonds is 5. The zero-order valence-electron chi connectivity index (χ0n) is 14.1. The normalized spacial score (nSPS) is 11.0. The standard InChI is InChI=1S/C16H17N5O2S2/c1-4-11-14(23)21-15(19-18-11)25-16(20-21)24-8-13(22)17-12-7-9(2)5-6-10(12)3/h5-7H,4,8H2,1-3H3,(H,17,22). The molecule has 1 amide bonds. The molecule has 9 heteroatoms. The summed E-state index contributed by atoms with van der Waals surface area (Å²) in [4.78, 5) is 24.7. The van der Waals surface area contributed by atoms with E-state index in [1.54, 1.807) is 0 Å². The van der Waals surface area contributed by atoms with Crippen LogP contribution in [0.3, 0.4) is 0 Å². The van der Waals surface area contributed by atoms with E-state index >= 15 is 0 Å². The lowest BCUT2D eigenvalue weighted by molar-refractivity contribution is -0.113. The summed E-state index contributed by atoms with van der Waals surface area (Å²) in [6.45, 7) is 5.78. The molecule has 2 heterocycles. The molecule has 0 radical (unpaired) electrons. The van der Waals surface area contributed by atoms with Crippen molar-refractivity contribution in [1.82, 2.24) is 19.8 Å². The van der Waals surface area contributed by atoms with Crippen molar-refractivity contribution in [3.63, 3.8) is 0 Å². The van der Waals surface area contributed by atoms with Gasteiger partial charge in [-0.2, -0.15) is 4.52 Å². The molecule has 1 aromatic carbocycles. The summed E-state index contributed by atoms with van der Waals surface area (Å²) in [5.41, 5.74) is 3.04. The molecule has 7 nitrogen and oxygen atoms in total. The summed E-state index contributed by atoms with van der Waals surface area (Å²) in [7, 11) is 0. The van der Waals surface area contributed by atoms with Crippen LogP contribution in [0, 0.1) is 13.8 Å². The number of fused-ring (bicyclic) bond motifs is 1. The van der Waals surface area contributed by atoms with Crippen molar-refractivity contribution in [1.29, 1.82) is 0 Å². The van der Waals surface area contributed by atoms with E-state index in [-0.39, 0.29) is 17.2 Å². The summed E-state index contributed by atoms with van der Waals surface area (Å²) in [6, 6.07) is 5.92. The van der Waals surface area contributed by atoms with Crippen molar-refractivity contribution < 1.29 is 4.79 Å². The van der Waals surface area contributed by atoms with Crippen LogP contribution in [0.25, 0.3) is 4.96 Å². The van der Waals surface area contributed by atoms with Gasteiger partial charge in [-0.25, -0.2) is 0 Å². The van der Waals surface area contributed by atoms with Gasteiger partial charge in [0.15, 0.2) is 4.34 Å². The molecule has 0 bridgehead atoms. The highest BCUT2D eigenvalue weighted by atomic mass is 32.2. The van der Waals surface area contributed by atoms with Crippen LogP contribution in [-0.2, 0) is 11.2 Å². The fourth-order valence-electron chi connectivity index (χ4n) is 2.19. The maximum Gasteiger partial charge on any atom is 0.297 e. The fourth-order valence-corrected chi connectivity index (χ4v) is 3.87. The second-order valence-corrected chi connectivity index (χ2v) is 7.70. The molecule has 130 valence electrons. The Labute approximate surface area is 152 Å². The van der Waals surface area contributed by atoms with E-state index in [4.69, 9.17) is 0 Å². The highest BCUT2D eigenvalue weighted by molar-refractivity contribution is 8.01. The van der Waals surface area contributed by atoms with Crippen LogP contribution in [-0.4, -0.2) is 31.5 Å². The Morgan fingerprint density at radius 3 is 2.88 bits per heavy atom. The third-order valence-electron chi connectivity index (χ3n) is 3.57. The summed E-state index contributed by atoms with van der Waals surface area (Å²) in [6.07, 6.45) is 0.507. The number of anilines is 1. The molecule has 25 heavy (non-hydrogen) atoms. The number of nitrogens with one attached hydrogen (secondary N) is 1. The van der Waals surface area contributed by atoms with Gasteiger partial charge in [0, 0.05) is 5.69 Å². The lowest BCUT2D eigenvalue weighted by Gasteiger charge is -2.08. The van der Waals surface area contributed by atoms with Crippen molar-refractivity contribution in [3.8, 4) is 0 Å². The van der Waals surface area contributed by atoms with E-state index in [0.717, 1.165) is 16.8 Å². The lowest BCUT2D eigenvalue weighted by Crippen LogP contribution is -2.21. The van der Waals surface area contributed by atoms with Crippen LogP contribution in [0.1, 0.15) is 23.7 Å². The number of benzene rings is 1. The van der Waals surface area contributed by atoms with E-state index in [1.165, 1.54) is 27.6 Å². The van der Waals surface area contributed by atoms with Crippen molar-refractivity contribution in [3.05, 3.63) is 45.4 Å². The van der Waals surface area contributed by atoms with Gasteiger partial charge in [-0.3, -0.25) is 9.59 Å². The Hall–Kier alpha value is -2.26. The molecular weight excluding hydrogens is 358 g/mol. The van der Waals surface area contributed by atoms with Gasteiger partial charge in [-0.15, -0.1) is 15.3 Å². The van der Waals surface area contributed by atoms with Crippen LogP contribution in [0.15, 0.2) is 27.3 Å². The lowest BCUT2D eigenvalue weighted by atomic mass is 10.1. The molecule has 1 N–H and O–H groups in total. The molecule has 3 rings (SSSR count). The van der Waals surface area contributed by atoms with E-state index in [0.29, 0.717) is 21.4 Å². The first-order valence-electron chi connectivity index (χ1n) is 7.73. The number of thioether (sulfide) groups is 1. The number of carbonyl (C=O) groups is 1. The predicted molar refractivity (Wildman–Crippen MR) is 99.6 cm³/mol. The van der Waals surface area contributed by atoms with Gasteiger partial charge in [0.1, 0.15) is 5.69 Å². The zero-order chi connectivity index (χ0) is 18.0. The average Bonchev–Trinajstić information content (AvgIpc) is 3.01. The second kappa shape index (κ2) is 7.32. The average molecular weight is 375 g/mol. The quantitative estimate of drug-likeness (QED) is 0.689. The Morgan fingerprint density at radius 1 is 1.32 bits per heavy atom. The molecule has 0 fully saturated rings. The molecule has 3 aromatic rings. The van der Waals surface area contributed by atoms with Gasteiger partial charge in [0.05, 0.1) is 5.75 Å². The van der Waals surface area contributed by atoms with Gasteiger partial charge >= 0.3 is 0 Å². The minimum absolute atomic E-state index is 0.120. The van der Waals surface area contributed by atoms with Crippen molar-refractivity contribution in [2.24, 2.45) is 0 Å². The van der Waals surface area contributed by atoms with Crippen LogP contribution in [0.4, 0.5) is 5.69 Å². The number of aryl methyl sites for hydroxylation is 3. The molecule has 0 aliphatic rings. The Morgan fingerprint density at radius 2 is 2.12 bits per heavy atom. The number of amides is 1. The highest BCUT2D eigenvalue weighted by Crippen LogP contribution is 2.23. The minimum Gasteiger partial charge on any atom is -0.325 e. The molecule has 0 saturated carbocycles. The first kappa shape index (κ1) is 17.6. The van der Waals surface area contributed by atoms with Gasteiger partial charge in [0.2, 0.25) is 10.9 Å². The van der Waals surface area contributed by atoms with Crippen LogP contribution in [0.5, 0.6) is 0 Å². The Kier molecular flexibility index (Phi) is 5.14. The van der Waals surface area contributed by atoms with Crippen molar-refractivity contribution in [2.75, 3.05) is 11.1 Å². The first-order chi connectivity index (χ1) is 12.0. The van der Waals surface area contributed by atoms with Gasteiger partial charge in [0.25, 0.3) is 5.56 Å². The number of hydrogen-bond donors (Lipinski definition) is 1. The fraction of sp³-hybridized carbons (Fsp3) is 0.312. The highest BCUT2D eigenvalue weighted by Gasteiger charge is 2.13. The summed E-state index contributed by atoms with van der Waals surface area (Å²) < 4.78 is 1.86. The first-order valence-corrected chi connectivity index (χ1v) is 9.53. The number of aromatic nitrogens is 4. The summed E-state index contributed by atoms with van der Waals surface area (Å²) in [5, 5.41) is 15.1. The third kappa shape index (κ3) is 3.88. The maximum atomic E-state index is 12.2. The summed E-state index contributed by atoms with van der Waals surface area (Å²) >= 11 is 2.52. The maximum absolute atomic E-state index is 12.2. The monoisotopic (exact) mass is 375 g/mol. The smallest absolute Gasteiger partial charge is 0.297 e. The Balaban J connectivity index is 1.70. The molecule has 0 saturated heterocycles. The van der Waals surface area contributed by atoms with Crippen molar-refractivity contribution in [2.45, 2.75) is 31.5 Å². The predicted octanol–water partition coefficient (Wildman–Crippen LogP) is 2.46. The van der Waals surface area contributed by atoms with E-state index in [2.05, 4.69) is 20.6 Å². The molecule has 0 unspecified atom stereocenters. The van der Waals surface area contributed by atoms with E-state index < -0.39 is 0 Å². The van der Waals surface area contributed by atoms with Crippen LogP contribution < -0.4 is 10.9 Å². The third-order valence-corrected chi connectivity index (χ3v) is 5.60. The van der Waals surface area contributed by atoms with Crippen molar-refractivity contribution >= 4 is 39.7 Å². The molecule has 0 atom stereocenters. The Bertz CT molecular complexity index is 996. The summed E-state index contributed by atoms with van der Waals surface area (Å²) in [5.74, 6) is 0.0846. The molecule has 0 aliphatic heterocycles. The molecule has 2 aromatic heterocycles. The second-order valence-electron chi connectivity index (χ2n) is 5.52.